The zero-order valence-corrected chi connectivity index (χ0v) is 18.6. The van der Waals surface area contributed by atoms with Gasteiger partial charge in [-0.1, -0.05) is 30.3 Å². The van der Waals surface area contributed by atoms with Gasteiger partial charge in [0.05, 0.1) is 57.3 Å². The van der Waals surface area contributed by atoms with Crippen molar-refractivity contribution >= 4 is 17.6 Å². The van der Waals surface area contributed by atoms with Gasteiger partial charge in [0.2, 0.25) is 0 Å². The maximum Gasteiger partial charge on any atom is 0.355 e. The SMILES string of the molecule is COC(=O)C1=C(C(=O)OC)N(c2ccc(OC)c(OC)c2)C(N)=C(C#N)C1c1ccccc1. The van der Waals surface area contributed by atoms with Gasteiger partial charge in [-0.25, -0.2) is 9.59 Å². The van der Waals surface area contributed by atoms with Crippen LogP contribution in [-0.2, 0) is 19.1 Å². The largest absolute Gasteiger partial charge is 0.493 e. The average Bonchev–Trinajstić information content (AvgIpc) is 2.86. The molecule has 33 heavy (non-hydrogen) atoms. The third-order valence-corrected chi connectivity index (χ3v) is 5.24. The number of nitriles is 1. The van der Waals surface area contributed by atoms with Crippen LogP contribution < -0.4 is 20.1 Å². The van der Waals surface area contributed by atoms with Gasteiger partial charge in [-0.2, -0.15) is 5.26 Å². The van der Waals surface area contributed by atoms with Crippen LogP contribution in [0, 0.1) is 11.3 Å². The molecule has 0 aliphatic carbocycles. The molecule has 2 aromatic rings. The Balaban J connectivity index is 2.40. The van der Waals surface area contributed by atoms with E-state index in [1.165, 1.54) is 33.3 Å². The summed E-state index contributed by atoms with van der Waals surface area (Å²) in [5.41, 5.74) is 7.24. The first-order valence-electron chi connectivity index (χ1n) is 9.81. The van der Waals surface area contributed by atoms with Crippen molar-refractivity contribution in [3.05, 3.63) is 76.8 Å². The van der Waals surface area contributed by atoms with Gasteiger partial charge >= 0.3 is 11.9 Å². The van der Waals surface area contributed by atoms with Crippen LogP contribution in [-0.4, -0.2) is 40.4 Å². The van der Waals surface area contributed by atoms with Crippen molar-refractivity contribution in [1.82, 2.24) is 0 Å². The molecule has 1 atom stereocenters. The molecule has 1 aliphatic rings. The molecule has 0 aromatic heterocycles. The van der Waals surface area contributed by atoms with Crippen LogP contribution in [0.3, 0.4) is 0 Å². The van der Waals surface area contributed by atoms with Gasteiger partial charge in [0, 0.05) is 6.07 Å². The molecule has 1 unspecified atom stereocenters. The van der Waals surface area contributed by atoms with E-state index in [-0.39, 0.29) is 22.7 Å². The summed E-state index contributed by atoms with van der Waals surface area (Å²) >= 11 is 0. The summed E-state index contributed by atoms with van der Waals surface area (Å²) in [6, 6.07) is 15.7. The van der Waals surface area contributed by atoms with Crippen LogP contribution in [0.4, 0.5) is 5.69 Å². The molecular formula is C24H23N3O6. The molecule has 0 amide bonds. The van der Waals surface area contributed by atoms with Crippen LogP contribution in [0.5, 0.6) is 11.5 Å². The van der Waals surface area contributed by atoms with E-state index in [1.54, 1.807) is 48.5 Å². The Morgan fingerprint density at radius 1 is 0.939 bits per heavy atom. The number of nitrogens with two attached hydrogens (primary N) is 1. The zero-order chi connectivity index (χ0) is 24.1. The summed E-state index contributed by atoms with van der Waals surface area (Å²) in [6.07, 6.45) is 0. The molecule has 170 valence electrons. The fourth-order valence-corrected chi connectivity index (χ4v) is 3.75. The molecule has 9 heteroatoms. The summed E-state index contributed by atoms with van der Waals surface area (Å²) in [4.78, 5) is 27.3. The lowest BCUT2D eigenvalue weighted by Gasteiger charge is -2.36. The Hall–Kier alpha value is -4.45. The second kappa shape index (κ2) is 9.78. The first kappa shape index (κ1) is 23.2. The lowest BCUT2D eigenvalue weighted by Crippen LogP contribution is -2.40. The van der Waals surface area contributed by atoms with Crippen LogP contribution in [0.2, 0.25) is 0 Å². The summed E-state index contributed by atoms with van der Waals surface area (Å²) in [7, 11) is 5.33. The normalized spacial score (nSPS) is 15.6. The van der Waals surface area contributed by atoms with E-state index in [4.69, 9.17) is 24.7 Å². The zero-order valence-electron chi connectivity index (χ0n) is 18.6. The second-order valence-corrected chi connectivity index (χ2v) is 6.87. The Morgan fingerprint density at radius 3 is 2.12 bits per heavy atom. The average molecular weight is 449 g/mol. The first-order valence-corrected chi connectivity index (χ1v) is 9.81. The molecule has 3 rings (SSSR count). The summed E-state index contributed by atoms with van der Waals surface area (Å²) in [5.74, 6) is -1.79. The molecular weight excluding hydrogens is 426 g/mol. The number of allylic oxidation sites excluding steroid dienone is 1. The minimum absolute atomic E-state index is 0.0355. The monoisotopic (exact) mass is 449 g/mol. The third kappa shape index (κ3) is 4.06. The summed E-state index contributed by atoms with van der Waals surface area (Å²) in [5, 5.41) is 10.0. The van der Waals surface area contributed by atoms with Gasteiger partial charge < -0.3 is 24.7 Å². The van der Waals surface area contributed by atoms with Gasteiger partial charge in [-0.15, -0.1) is 0 Å². The summed E-state index contributed by atoms with van der Waals surface area (Å²) < 4.78 is 20.7. The van der Waals surface area contributed by atoms with Crippen molar-refractivity contribution in [3.8, 4) is 17.6 Å². The first-order chi connectivity index (χ1) is 15.9. The van der Waals surface area contributed by atoms with E-state index < -0.39 is 17.9 Å². The van der Waals surface area contributed by atoms with Crippen molar-refractivity contribution in [2.75, 3.05) is 33.3 Å². The fraction of sp³-hybridized carbons (Fsp3) is 0.208. The molecule has 0 spiro atoms. The molecule has 0 saturated heterocycles. The smallest absolute Gasteiger partial charge is 0.355 e. The van der Waals surface area contributed by atoms with Crippen LogP contribution >= 0.6 is 0 Å². The van der Waals surface area contributed by atoms with Crippen LogP contribution in [0.15, 0.2) is 71.2 Å². The molecule has 1 heterocycles. The Labute approximate surface area is 191 Å². The second-order valence-electron chi connectivity index (χ2n) is 6.87. The highest BCUT2D eigenvalue weighted by Crippen LogP contribution is 2.44. The van der Waals surface area contributed by atoms with Crippen molar-refractivity contribution in [3.63, 3.8) is 0 Å². The van der Waals surface area contributed by atoms with Crippen molar-refractivity contribution in [2.45, 2.75) is 5.92 Å². The molecule has 0 fully saturated rings. The van der Waals surface area contributed by atoms with E-state index in [0.29, 0.717) is 22.7 Å². The number of esters is 2. The number of carbonyl (C=O) groups excluding carboxylic acids is 2. The molecule has 2 aromatic carbocycles. The molecule has 0 bridgehead atoms. The Bertz CT molecular complexity index is 1180. The van der Waals surface area contributed by atoms with Gasteiger partial charge in [-0.05, 0) is 17.7 Å². The number of rotatable bonds is 6. The van der Waals surface area contributed by atoms with E-state index in [1.807, 2.05) is 0 Å². The lowest BCUT2D eigenvalue weighted by atomic mass is 9.81. The minimum Gasteiger partial charge on any atom is -0.493 e. The quantitative estimate of drug-likeness (QED) is 0.663. The molecule has 9 nitrogen and oxygen atoms in total. The highest BCUT2D eigenvalue weighted by Gasteiger charge is 2.43. The standard InChI is InChI=1S/C24H23N3O6/c1-30-17-11-10-15(12-18(17)31-2)27-21(24(29)33-4)20(23(28)32-3)19(16(13-25)22(27)26)14-8-6-5-7-9-14/h5-12,19H,26H2,1-4H3. The highest BCUT2D eigenvalue weighted by atomic mass is 16.5. The Morgan fingerprint density at radius 2 is 1.58 bits per heavy atom. The minimum atomic E-state index is -0.936. The molecule has 2 N–H and O–H groups in total. The maximum atomic E-state index is 13.0. The number of hydrogen-bond acceptors (Lipinski definition) is 9. The third-order valence-electron chi connectivity index (χ3n) is 5.24. The topological polar surface area (TPSA) is 124 Å². The summed E-state index contributed by atoms with van der Waals surface area (Å²) in [6.45, 7) is 0. The number of methoxy groups -OCH3 is 4. The number of nitrogens with zero attached hydrogens (tertiary/aromatic N) is 2. The number of benzene rings is 2. The van der Waals surface area contributed by atoms with E-state index >= 15 is 0 Å². The lowest BCUT2D eigenvalue weighted by molar-refractivity contribution is -0.139. The number of anilines is 1. The van der Waals surface area contributed by atoms with E-state index in [2.05, 4.69) is 6.07 Å². The predicted molar refractivity (Wildman–Crippen MR) is 119 cm³/mol. The van der Waals surface area contributed by atoms with Crippen LogP contribution in [0.1, 0.15) is 11.5 Å². The van der Waals surface area contributed by atoms with Crippen LogP contribution in [0.25, 0.3) is 0 Å². The fourth-order valence-electron chi connectivity index (χ4n) is 3.75. The Kier molecular flexibility index (Phi) is 6.88. The number of ether oxygens (including phenoxy) is 4. The van der Waals surface area contributed by atoms with Crippen molar-refractivity contribution in [1.29, 1.82) is 5.26 Å². The van der Waals surface area contributed by atoms with Gasteiger partial charge in [0.1, 0.15) is 11.5 Å². The number of carbonyl (C=O) groups is 2. The van der Waals surface area contributed by atoms with Crippen molar-refractivity contribution in [2.24, 2.45) is 5.73 Å². The van der Waals surface area contributed by atoms with E-state index in [0.717, 1.165) is 0 Å². The molecule has 0 radical (unpaired) electrons. The van der Waals surface area contributed by atoms with Gasteiger partial charge in [-0.3, -0.25) is 4.90 Å². The number of hydrogen-bond donors (Lipinski definition) is 1. The van der Waals surface area contributed by atoms with Crippen molar-refractivity contribution < 1.29 is 28.5 Å². The predicted octanol–water partition coefficient (Wildman–Crippen LogP) is 2.60. The molecule has 1 aliphatic heterocycles. The van der Waals surface area contributed by atoms with E-state index in [9.17, 15) is 14.9 Å². The molecule has 0 saturated carbocycles. The maximum absolute atomic E-state index is 13.0. The van der Waals surface area contributed by atoms with Gasteiger partial charge in [0.25, 0.3) is 0 Å². The highest BCUT2D eigenvalue weighted by molar-refractivity contribution is 6.06. The van der Waals surface area contributed by atoms with Gasteiger partial charge in [0.15, 0.2) is 11.5 Å².